The van der Waals surface area contributed by atoms with Gasteiger partial charge in [0.05, 0.1) is 11.0 Å². The number of nitrogens with one attached hydrogen (secondary N) is 1. The summed E-state index contributed by atoms with van der Waals surface area (Å²) in [7, 11) is -2.47. The van der Waals surface area contributed by atoms with Crippen molar-refractivity contribution in [3.63, 3.8) is 0 Å². The summed E-state index contributed by atoms with van der Waals surface area (Å²) in [6, 6.07) is 6.45. The highest BCUT2D eigenvalue weighted by Crippen LogP contribution is 2.46. The Morgan fingerprint density at radius 3 is 2.50 bits per heavy atom. The smallest absolute Gasteiger partial charge is 0.346 e. The number of nitrogens with zero attached hydrogens (tertiary/aromatic N) is 3. The number of hydrogen-bond acceptors (Lipinski definition) is 4. The van der Waals surface area contributed by atoms with Gasteiger partial charge in [-0.15, -0.1) is 0 Å². The van der Waals surface area contributed by atoms with Crippen molar-refractivity contribution in [3.8, 4) is 5.88 Å². The van der Waals surface area contributed by atoms with Gasteiger partial charge >= 0.3 is 7.52 Å². The zero-order chi connectivity index (χ0) is 18.1. The molecule has 3 rings (SSSR count). The zero-order valence-corrected chi connectivity index (χ0v) is 14.9. The molecule has 1 aromatic heterocycles. The summed E-state index contributed by atoms with van der Waals surface area (Å²) in [5, 5.41) is 13.2. The summed E-state index contributed by atoms with van der Waals surface area (Å²) in [5.41, 5.74) is -0.203. The quantitative estimate of drug-likeness (QED) is 0.712. The third kappa shape index (κ3) is 2.79. The average Bonchev–Trinajstić information content (AvgIpc) is 2.78. The summed E-state index contributed by atoms with van der Waals surface area (Å²) < 4.78 is 18.7. The monoisotopic (exact) mass is 352 g/mol. The molecule has 2 aromatic rings. The molecule has 0 radical (unpaired) electrons. The molecular formula is C15H21N4O4P. The number of aromatic nitrogens is 2. The number of hydrogen-bond donors (Lipinski definition) is 3. The molecule has 3 N–H and O–H groups in total. The van der Waals surface area contributed by atoms with E-state index in [2.05, 4.69) is 10.1 Å². The Bertz CT molecular complexity index is 897. The lowest BCUT2D eigenvalue weighted by atomic mass is 10.2. The Labute approximate surface area is 139 Å². The summed E-state index contributed by atoms with van der Waals surface area (Å²) in [5.74, 6) is -0.410. The molecule has 1 aliphatic heterocycles. The number of anilines is 1. The van der Waals surface area contributed by atoms with Gasteiger partial charge in [-0.05, 0) is 19.1 Å². The molecule has 130 valence electrons. The molecule has 0 amide bonds. The predicted molar refractivity (Wildman–Crippen MR) is 94.4 cm³/mol. The number of rotatable bonds is 2. The van der Waals surface area contributed by atoms with Crippen LogP contribution in [0.1, 0.15) is 26.3 Å². The van der Waals surface area contributed by atoms with Crippen molar-refractivity contribution < 1.29 is 14.6 Å². The lowest BCUT2D eigenvalue weighted by Crippen LogP contribution is -2.30. The maximum absolute atomic E-state index is 12.4. The second-order valence-electron chi connectivity index (χ2n) is 4.88. The largest absolute Gasteiger partial charge is 0.493 e. The van der Waals surface area contributed by atoms with E-state index in [1.54, 1.807) is 25.1 Å². The number of aromatic hydroxyl groups is 1. The van der Waals surface area contributed by atoms with Gasteiger partial charge in [-0.1, -0.05) is 26.0 Å². The van der Waals surface area contributed by atoms with E-state index in [9.17, 15) is 19.4 Å². The first-order chi connectivity index (χ1) is 11.4. The second kappa shape index (κ2) is 6.67. The number of para-hydroxylation sites is 1. The minimum atomic E-state index is -4.00. The number of fused-ring (bicyclic) bond motifs is 1. The zero-order valence-electron chi connectivity index (χ0n) is 14.0. The van der Waals surface area contributed by atoms with E-state index in [1.165, 1.54) is 22.5 Å². The van der Waals surface area contributed by atoms with Crippen molar-refractivity contribution in [2.75, 3.05) is 5.32 Å². The lowest BCUT2D eigenvalue weighted by molar-refractivity contribution is 0.386. The van der Waals surface area contributed by atoms with Gasteiger partial charge in [-0.25, -0.2) is 4.68 Å². The molecule has 24 heavy (non-hydrogen) atoms. The highest BCUT2D eigenvalue weighted by atomic mass is 31.2. The predicted octanol–water partition coefficient (Wildman–Crippen LogP) is 1.62. The van der Waals surface area contributed by atoms with Crippen LogP contribution in [-0.4, -0.2) is 25.2 Å². The van der Waals surface area contributed by atoms with Crippen molar-refractivity contribution in [1.82, 2.24) is 9.36 Å². The molecule has 0 bridgehead atoms. The van der Waals surface area contributed by atoms with Gasteiger partial charge in [0, 0.05) is 13.6 Å². The molecule has 8 nitrogen and oxygen atoms in total. The van der Waals surface area contributed by atoms with Crippen LogP contribution in [0.15, 0.2) is 33.8 Å². The minimum absolute atomic E-state index is 0.102. The normalized spacial score (nSPS) is 18.8. The third-order valence-corrected chi connectivity index (χ3v) is 5.07. The van der Waals surface area contributed by atoms with Crippen molar-refractivity contribution in [1.29, 1.82) is 0 Å². The van der Waals surface area contributed by atoms with E-state index in [0.29, 0.717) is 12.2 Å². The van der Waals surface area contributed by atoms with E-state index in [0.717, 1.165) is 0 Å². The van der Waals surface area contributed by atoms with E-state index < -0.39 is 13.1 Å². The molecule has 0 spiro atoms. The van der Waals surface area contributed by atoms with E-state index in [-0.39, 0.29) is 22.6 Å². The van der Waals surface area contributed by atoms with Crippen molar-refractivity contribution in [3.05, 3.63) is 40.2 Å². The van der Waals surface area contributed by atoms with Crippen molar-refractivity contribution in [2.45, 2.75) is 27.3 Å². The van der Waals surface area contributed by atoms with Crippen LogP contribution in [0.25, 0.3) is 0 Å². The summed E-state index contributed by atoms with van der Waals surface area (Å²) in [6.07, 6.45) is 0. The summed E-state index contributed by atoms with van der Waals surface area (Å²) in [6.45, 7) is 6.11. The van der Waals surface area contributed by atoms with Crippen molar-refractivity contribution >= 4 is 24.3 Å². The molecule has 0 saturated carbocycles. The van der Waals surface area contributed by atoms with Crippen LogP contribution in [0.5, 0.6) is 5.88 Å². The van der Waals surface area contributed by atoms with E-state index in [4.69, 9.17) is 0 Å². The molecule has 0 aliphatic carbocycles. The lowest BCUT2D eigenvalue weighted by Gasteiger charge is -2.20. The van der Waals surface area contributed by atoms with E-state index in [1.807, 2.05) is 13.8 Å². The Kier molecular flexibility index (Phi) is 5.01. The van der Waals surface area contributed by atoms with Gasteiger partial charge in [-0.2, -0.15) is 4.76 Å². The van der Waals surface area contributed by atoms with Crippen LogP contribution in [0, 0.1) is 0 Å². The topological polar surface area (TPSA) is 109 Å². The molecule has 9 heteroatoms. The first-order valence-electron chi connectivity index (χ1n) is 7.65. The van der Waals surface area contributed by atoms with Crippen molar-refractivity contribution in [2.24, 2.45) is 11.8 Å². The fraction of sp³-hybridized carbons (Fsp3) is 0.333. The van der Waals surface area contributed by atoms with Crippen LogP contribution >= 0.6 is 7.52 Å². The van der Waals surface area contributed by atoms with Gasteiger partial charge in [0.2, 0.25) is 5.88 Å². The fourth-order valence-corrected chi connectivity index (χ4v) is 3.74. The maximum atomic E-state index is 12.4. The highest BCUT2D eigenvalue weighted by Gasteiger charge is 2.33. The Morgan fingerprint density at radius 2 is 1.92 bits per heavy atom. The van der Waals surface area contributed by atoms with Crippen LogP contribution < -0.4 is 16.2 Å². The molecule has 1 aromatic carbocycles. The Hall–Kier alpha value is -2.31. The van der Waals surface area contributed by atoms with Crippen LogP contribution in [-0.2, 0) is 18.2 Å². The van der Waals surface area contributed by atoms with Gasteiger partial charge in [0.25, 0.3) is 5.56 Å². The molecule has 1 unspecified atom stereocenters. The van der Waals surface area contributed by atoms with Gasteiger partial charge in [-0.3, -0.25) is 14.0 Å². The van der Waals surface area contributed by atoms with Gasteiger partial charge in [0.1, 0.15) is 5.56 Å². The van der Waals surface area contributed by atoms with Gasteiger partial charge < -0.3 is 15.3 Å². The van der Waals surface area contributed by atoms with Crippen LogP contribution in [0.2, 0.25) is 0 Å². The molecule has 1 atom stereocenters. The summed E-state index contributed by atoms with van der Waals surface area (Å²) in [4.78, 5) is 22.5. The SMILES string of the molecule is CC.CCn1c(=O)c(C2=NP(=O)(O)c3ccccc3N2)c(O)n1C. The molecule has 2 heterocycles. The van der Waals surface area contributed by atoms with Crippen LogP contribution in [0.4, 0.5) is 5.69 Å². The molecule has 1 aliphatic rings. The number of benzene rings is 1. The standard InChI is InChI=1S/C13H15N4O4P.C2H6/c1-3-17-13(19)10(12(18)16(17)2)11-14-8-6-4-5-7-9(8)22(20,21)15-11;1-2/h4-7,18H,3H2,1-2H3,(H2,14,15,20,21);1-2H3. The third-order valence-electron chi connectivity index (χ3n) is 3.58. The fourth-order valence-electron chi connectivity index (χ4n) is 2.49. The molecular weight excluding hydrogens is 331 g/mol. The summed E-state index contributed by atoms with van der Waals surface area (Å²) >= 11 is 0. The first kappa shape index (κ1) is 18.0. The molecule has 0 fully saturated rings. The Morgan fingerprint density at radius 1 is 1.29 bits per heavy atom. The maximum Gasteiger partial charge on any atom is 0.346 e. The number of amidine groups is 1. The molecule has 0 saturated heterocycles. The van der Waals surface area contributed by atoms with E-state index >= 15 is 0 Å². The Balaban J connectivity index is 0.00000100. The first-order valence-corrected chi connectivity index (χ1v) is 9.26. The second-order valence-corrected chi connectivity index (χ2v) is 6.65. The van der Waals surface area contributed by atoms with Gasteiger partial charge in [0.15, 0.2) is 5.84 Å². The van der Waals surface area contributed by atoms with Crippen LogP contribution in [0.3, 0.4) is 0 Å². The highest BCUT2D eigenvalue weighted by molar-refractivity contribution is 7.65. The minimum Gasteiger partial charge on any atom is -0.493 e. The average molecular weight is 352 g/mol.